The van der Waals surface area contributed by atoms with Crippen LogP contribution in [-0.2, 0) is 7.05 Å². The monoisotopic (exact) mass is 302 g/mol. The van der Waals surface area contributed by atoms with Crippen LogP contribution in [0.4, 0.5) is 10.1 Å². The minimum Gasteiger partial charge on any atom is -0.340 e. The molecule has 106 valence electrons. The average molecular weight is 303 g/mol. The van der Waals surface area contributed by atoms with Gasteiger partial charge in [-0.05, 0) is 42.5 Å². The molecule has 0 fully saturated rings. The highest BCUT2D eigenvalue weighted by Crippen LogP contribution is 2.22. The Bertz CT molecular complexity index is 824. The van der Waals surface area contributed by atoms with Gasteiger partial charge in [0.2, 0.25) is 0 Å². The number of aromatic nitrogens is 1. The SMILES string of the molecule is Cn1c(C(=O)Nc2ccc(Cl)cc2)cc2c(F)cccc21. The summed E-state index contributed by atoms with van der Waals surface area (Å²) in [5.74, 6) is -0.635. The van der Waals surface area contributed by atoms with Crippen molar-refractivity contribution in [3.63, 3.8) is 0 Å². The zero-order valence-electron chi connectivity index (χ0n) is 11.2. The fraction of sp³-hybridized carbons (Fsp3) is 0.0625. The Labute approximate surface area is 125 Å². The predicted molar refractivity (Wildman–Crippen MR) is 82.3 cm³/mol. The number of anilines is 1. The first-order valence-corrected chi connectivity index (χ1v) is 6.75. The molecule has 0 saturated carbocycles. The molecule has 0 bridgehead atoms. The van der Waals surface area contributed by atoms with E-state index in [4.69, 9.17) is 11.6 Å². The Morgan fingerprint density at radius 1 is 1.19 bits per heavy atom. The third-order valence-corrected chi connectivity index (χ3v) is 3.62. The fourth-order valence-corrected chi connectivity index (χ4v) is 2.40. The Morgan fingerprint density at radius 3 is 2.57 bits per heavy atom. The van der Waals surface area contributed by atoms with E-state index in [2.05, 4.69) is 5.32 Å². The summed E-state index contributed by atoms with van der Waals surface area (Å²) in [6.07, 6.45) is 0. The number of nitrogens with one attached hydrogen (secondary N) is 1. The van der Waals surface area contributed by atoms with Crippen molar-refractivity contribution < 1.29 is 9.18 Å². The van der Waals surface area contributed by atoms with Gasteiger partial charge in [0.15, 0.2) is 0 Å². The van der Waals surface area contributed by atoms with Crippen molar-refractivity contribution in [3.05, 3.63) is 65.1 Å². The molecular formula is C16H12ClFN2O. The highest BCUT2D eigenvalue weighted by molar-refractivity contribution is 6.30. The van der Waals surface area contributed by atoms with Crippen LogP contribution in [0.3, 0.4) is 0 Å². The summed E-state index contributed by atoms with van der Waals surface area (Å²) in [6.45, 7) is 0. The quantitative estimate of drug-likeness (QED) is 0.755. The molecular weight excluding hydrogens is 291 g/mol. The number of hydrogen-bond acceptors (Lipinski definition) is 1. The molecule has 5 heteroatoms. The first kappa shape index (κ1) is 13.6. The maximum Gasteiger partial charge on any atom is 0.272 e. The van der Waals surface area contributed by atoms with Gasteiger partial charge in [-0.1, -0.05) is 17.7 Å². The fourth-order valence-electron chi connectivity index (χ4n) is 2.27. The number of nitrogens with zero attached hydrogens (tertiary/aromatic N) is 1. The lowest BCUT2D eigenvalue weighted by Gasteiger charge is -2.06. The van der Waals surface area contributed by atoms with Crippen LogP contribution in [0.5, 0.6) is 0 Å². The van der Waals surface area contributed by atoms with E-state index in [-0.39, 0.29) is 11.7 Å². The number of carbonyl (C=O) groups is 1. The Balaban J connectivity index is 1.96. The van der Waals surface area contributed by atoms with E-state index in [0.29, 0.717) is 27.3 Å². The maximum atomic E-state index is 13.8. The third kappa shape index (κ3) is 2.50. The van der Waals surface area contributed by atoms with Crippen LogP contribution in [0.1, 0.15) is 10.5 Å². The molecule has 3 aromatic rings. The van der Waals surface area contributed by atoms with E-state index in [0.717, 1.165) is 0 Å². The van der Waals surface area contributed by atoms with Crippen LogP contribution < -0.4 is 5.32 Å². The predicted octanol–water partition coefficient (Wildman–Crippen LogP) is 4.22. The Morgan fingerprint density at radius 2 is 1.90 bits per heavy atom. The number of fused-ring (bicyclic) bond motifs is 1. The third-order valence-electron chi connectivity index (χ3n) is 3.37. The lowest BCUT2D eigenvalue weighted by atomic mass is 10.2. The molecule has 21 heavy (non-hydrogen) atoms. The van der Waals surface area contributed by atoms with Crippen LogP contribution in [0, 0.1) is 5.82 Å². The molecule has 0 radical (unpaired) electrons. The number of halogens is 2. The van der Waals surface area contributed by atoms with Crippen molar-refractivity contribution in [2.24, 2.45) is 7.05 Å². The van der Waals surface area contributed by atoms with Crippen molar-refractivity contribution in [2.75, 3.05) is 5.32 Å². The highest BCUT2D eigenvalue weighted by atomic mass is 35.5. The summed E-state index contributed by atoms with van der Waals surface area (Å²) >= 11 is 5.80. The lowest BCUT2D eigenvalue weighted by Crippen LogP contribution is -2.15. The second-order valence-corrected chi connectivity index (χ2v) is 5.16. The normalized spacial score (nSPS) is 10.8. The van der Waals surface area contributed by atoms with Gasteiger partial charge < -0.3 is 9.88 Å². The second-order valence-electron chi connectivity index (χ2n) is 4.72. The summed E-state index contributed by atoms with van der Waals surface area (Å²) in [7, 11) is 1.73. The molecule has 0 atom stereocenters. The van der Waals surface area contributed by atoms with E-state index in [1.807, 2.05) is 0 Å². The van der Waals surface area contributed by atoms with Crippen LogP contribution in [0.25, 0.3) is 10.9 Å². The van der Waals surface area contributed by atoms with Crippen molar-refractivity contribution in [1.29, 1.82) is 0 Å². The first-order valence-electron chi connectivity index (χ1n) is 6.37. The van der Waals surface area contributed by atoms with Crippen molar-refractivity contribution in [3.8, 4) is 0 Å². The molecule has 3 nitrogen and oxygen atoms in total. The molecule has 0 saturated heterocycles. The first-order chi connectivity index (χ1) is 10.1. The van der Waals surface area contributed by atoms with Crippen molar-refractivity contribution in [2.45, 2.75) is 0 Å². The van der Waals surface area contributed by atoms with Gasteiger partial charge >= 0.3 is 0 Å². The maximum absolute atomic E-state index is 13.8. The number of rotatable bonds is 2. The van der Waals surface area contributed by atoms with Crippen LogP contribution >= 0.6 is 11.6 Å². The summed E-state index contributed by atoms with van der Waals surface area (Å²) in [4.78, 5) is 12.3. The average Bonchev–Trinajstić information content (AvgIpc) is 2.81. The second kappa shape index (κ2) is 5.22. The molecule has 0 unspecified atom stereocenters. The van der Waals surface area contributed by atoms with E-state index in [1.165, 1.54) is 6.07 Å². The van der Waals surface area contributed by atoms with Gasteiger partial charge in [-0.3, -0.25) is 4.79 Å². The smallest absolute Gasteiger partial charge is 0.272 e. The van der Waals surface area contributed by atoms with Crippen molar-refractivity contribution in [1.82, 2.24) is 4.57 Å². The largest absolute Gasteiger partial charge is 0.340 e. The number of hydrogen-bond donors (Lipinski definition) is 1. The zero-order valence-corrected chi connectivity index (χ0v) is 12.0. The Hall–Kier alpha value is -2.33. The van der Waals surface area contributed by atoms with E-state index in [1.54, 1.807) is 54.1 Å². The van der Waals surface area contributed by atoms with Gasteiger partial charge in [0.25, 0.3) is 5.91 Å². The lowest BCUT2D eigenvalue weighted by molar-refractivity contribution is 0.102. The zero-order chi connectivity index (χ0) is 15.0. The van der Waals surface area contributed by atoms with E-state index in [9.17, 15) is 9.18 Å². The molecule has 2 aromatic carbocycles. The highest BCUT2D eigenvalue weighted by Gasteiger charge is 2.15. The van der Waals surface area contributed by atoms with E-state index < -0.39 is 0 Å². The van der Waals surface area contributed by atoms with Gasteiger partial charge in [0, 0.05) is 23.1 Å². The summed E-state index contributed by atoms with van der Waals surface area (Å²) in [6, 6.07) is 13.1. The molecule has 0 aliphatic rings. The molecule has 0 spiro atoms. The van der Waals surface area contributed by atoms with Gasteiger partial charge in [-0.25, -0.2) is 4.39 Å². The standard InChI is InChI=1S/C16H12ClFN2O/c1-20-14-4-2-3-13(18)12(14)9-15(20)16(21)19-11-7-5-10(17)6-8-11/h2-9H,1H3,(H,19,21). The summed E-state index contributed by atoms with van der Waals surface area (Å²) in [5.41, 5.74) is 1.71. The molecule has 0 aliphatic carbocycles. The van der Waals surface area contributed by atoms with Gasteiger partial charge in [0.05, 0.1) is 5.52 Å². The topological polar surface area (TPSA) is 34.0 Å². The van der Waals surface area contributed by atoms with Gasteiger partial charge in [-0.15, -0.1) is 0 Å². The van der Waals surface area contributed by atoms with Gasteiger partial charge in [0.1, 0.15) is 11.5 Å². The number of amides is 1. The summed E-state index contributed by atoms with van der Waals surface area (Å²) in [5, 5.41) is 3.79. The minimum absolute atomic E-state index is 0.296. The molecule has 0 aliphatic heterocycles. The Kier molecular flexibility index (Phi) is 3.39. The van der Waals surface area contributed by atoms with E-state index >= 15 is 0 Å². The summed E-state index contributed by atoms with van der Waals surface area (Å²) < 4.78 is 15.4. The molecule has 1 heterocycles. The van der Waals surface area contributed by atoms with Crippen LogP contribution in [0.2, 0.25) is 5.02 Å². The van der Waals surface area contributed by atoms with Gasteiger partial charge in [-0.2, -0.15) is 0 Å². The van der Waals surface area contributed by atoms with Crippen LogP contribution in [0.15, 0.2) is 48.5 Å². The van der Waals surface area contributed by atoms with Crippen LogP contribution in [-0.4, -0.2) is 10.5 Å². The molecule has 3 rings (SSSR count). The number of carbonyl (C=O) groups excluding carboxylic acids is 1. The molecule has 1 amide bonds. The number of aryl methyl sites for hydroxylation is 1. The van der Waals surface area contributed by atoms with Crippen molar-refractivity contribution >= 4 is 34.1 Å². The molecule has 1 aromatic heterocycles. The minimum atomic E-state index is -0.339. The number of benzene rings is 2. The molecule has 1 N–H and O–H groups in total.